The Kier molecular flexibility index (Phi) is 3.29. The highest BCUT2D eigenvalue weighted by molar-refractivity contribution is 6.15. The lowest BCUT2D eigenvalue weighted by Gasteiger charge is -2.13. The van der Waals surface area contributed by atoms with E-state index in [9.17, 15) is 10.1 Å². The number of aldehydes is 1. The van der Waals surface area contributed by atoms with E-state index >= 15 is 0 Å². The maximum atomic E-state index is 11.4. The number of aliphatic imine (C=N–C) groups is 1. The van der Waals surface area contributed by atoms with E-state index < -0.39 is 0 Å². The molecule has 0 radical (unpaired) electrons. The summed E-state index contributed by atoms with van der Waals surface area (Å²) in [6.07, 6.45) is 2.33. The summed E-state index contributed by atoms with van der Waals surface area (Å²) in [6, 6.07) is 17.4. The molecule has 2 aromatic carbocycles. The summed E-state index contributed by atoms with van der Waals surface area (Å²) in [5.74, 6) is 0.703. The molecule has 114 valence electrons. The first-order valence-electron chi connectivity index (χ1n) is 7.48. The highest BCUT2D eigenvalue weighted by atomic mass is 16.1. The molecule has 5 heteroatoms. The van der Waals surface area contributed by atoms with Gasteiger partial charge in [-0.05, 0) is 18.2 Å². The Morgan fingerprint density at radius 2 is 2.00 bits per heavy atom. The predicted octanol–water partition coefficient (Wildman–Crippen LogP) is 2.91. The summed E-state index contributed by atoms with van der Waals surface area (Å²) < 4.78 is 1.81. The van der Waals surface area contributed by atoms with Crippen LogP contribution in [0.25, 0.3) is 5.69 Å². The molecule has 0 spiro atoms. The molecule has 3 aromatic rings. The number of nitriles is 1. The zero-order valence-electron chi connectivity index (χ0n) is 12.7. The van der Waals surface area contributed by atoms with Crippen LogP contribution in [0.2, 0.25) is 0 Å². The largest absolute Gasteiger partial charge is 0.296 e. The molecular formula is C19H12N4O. The number of carbonyl (C=O) groups is 1. The predicted molar refractivity (Wildman–Crippen MR) is 89.5 cm³/mol. The monoisotopic (exact) mass is 312 g/mol. The molecular weight excluding hydrogens is 300 g/mol. The average molecular weight is 312 g/mol. The fraction of sp³-hybridized carbons (Fsp3) is 0.0526. The molecule has 0 aliphatic carbocycles. The molecule has 2 heterocycles. The van der Waals surface area contributed by atoms with Gasteiger partial charge in [-0.15, -0.1) is 0 Å². The minimum atomic E-state index is 0.370. The lowest BCUT2D eigenvalue weighted by atomic mass is 9.98. The van der Waals surface area contributed by atoms with Crippen molar-refractivity contribution in [1.82, 2.24) is 9.55 Å². The first-order chi connectivity index (χ1) is 11.8. The van der Waals surface area contributed by atoms with Crippen LogP contribution >= 0.6 is 0 Å². The molecule has 0 saturated heterocycles. The van der Waals surface area contributed by atoms with Crippen LogP contribution in [0, 0.1) is 11.3 Å². The standard InChI is InChI=1S/C19H12N4O/c20-9-13-6-7-17-16(8-13)19(14-4-2-1-3-5-14)22-11-18-21-10-15(12-24)23(17)18/h1-8,10,12H,11H2. The zero-order chi connectivity index (χ0) is 16.5. The van der Waals surface area contributed by atoms with Crippen LogP contribution in [0.15, 0.2) is 59.7 Å². The Bertz CT molecular complexity index is 1010. The molecule has 24 heavy (non-hydrogen) atoms. The van der Waals surface area contributed by atoms with Crippen molar-refractivity contribution < 1.29 is 4.79 Å². The minimum absolute atomic E-state index is 0.370. The number of rotatable bonds is 2. The second kappa shape index (κ2) is 5.60. The summed E-state index contributed by atoms with van der Waals surface area (Å²) in [5, 5.41) is 9.26. The summed E-state index contributed by atoms with van der Waals surface area (Å²) in [7, 11) is 0. The smallest absolute Gasteiger partial charge is 0.168 e. The fourth-order valence-corrected chi connectivity index (χ4v) is 2.95. The van der Waals surface area contributed by atoms with Crippen molar-refractivity contribution in [3.05, 3.63) is 82.9 Å². The third-order valence-corrected chi connectivity index (χ3v) is 4.03. The third kappa shape index (κ3) is 2.13. The molecule has 0 amide bonds. The molecule has 0 saturated carbocycles. The van der Waals surface area contributed by atoms with E-state index in [1.54, 1.807) is 12.3 Å². The van der Waals surface area contributed by atoms with Crippen molar-refractivity contribution in [2.24, 2.45) is 4.99 Å². The number of hydrogen-bond acceptors (Lipinski definition) is 4. The normalized spacial score (nSPS) is 12.4. The van der Waals surface area contributed by atoms with Crippen molar-refractivity contribution in [3.8, 4) is 11.8 Å². The van der Waals surface area contributed by atoms with Crippen LogP contribution in [-0.4, -0.2) is 21.5 Å². The molecule has 1 aliphatic heterocycles. The van der Waals surface area contributed by atoms with Crippen LogP contribution in [0.4, 0.5) is 0 Å². The lowest BCUT2D eigenvalue weighted by molar-refractivity contribution is 0.111. The third-order valence-electron chi connectivity index (χ3n) is 4.03. The molecule has 0 bridgehead atoms. The van der Waals surface area contributed by atoms with Gasteiger partial charge in [0.05, 0.1) is 35.8 Å². The SMILES string of the molecule is N#Cc1ccc2c(c1)C(c1ccccc1)=NCc1ncc(C=O)n1-2. The van der Waals surface area contributed by atoms with Gasteiger partial charge in [-0.25, -0.2) is 4.98 Å². The van der Waals surface area contributed by atoms with Gasteiger partial charge in [0.15, 0.2) is 6.29 Å². The van der Waals surface area contributed by atoms with Crippen molar-refractivity contribution in [2.75, 3.05) is 0 Å². The molecule has 5 nitrogen and oxygen atoms in total. The molecule has 1 aliphatic rings. The molecule has 0 atom stereocenters. The van der Waals surface area contributed by atoms with Gasteiger partial charge in [0.1, 0.15) is 11.5 Å². The van der Waals surface area contributed by atoms with Crippen molar-refractivity contribution in [1.29, 1.82) is 5.26 Å². The summed E-state index contributed by atoms with van der Waals surface area (Å²) in [4.78, 5) is 20.4. The minimum Gasteiger partial charge on any atom is -0.296 e. The van der Waals surface area contributed by atoms with Gasteiger partial charge in [0, 0.05) is 11.1 Å². The highest BCUT2D eigenvalue weighted by Crippen LogP contribution is 2.27. The maximum absolute atomic E-state index is 11.4. The van der Waals surface area contributed by atoms with Gasteiger partial charge in [-0.3, -0.25) is 14.4 Å². The van der Waals surface area contributed by atoms with Gasteiger partial charge in [-0.2, -0.15) is 5.26 Å². The summed E-state index contributed by atoms with van der Waals surface area (Å²) in [5.41, 5.74) is 4.41. The number of aromatic nitrogens is 2. The number of benzene rings is 2. The molecule has 0 unspecified atom stereocenters. The van der Waals surface area contributed by atoms with E-state index in [1.807, 2.05) is 47.0 Å². The Labute approximate surface area is 138 Å². The van der Waals surface area contributed by atoms with Crippen LogP contribution in [0.5, 0.6) is 0 Å². The van der Waals surface area contributed by atoms with Gasteiger partial charge >= 0.3 is 0 Å². The van der Waals surface area contributed by atoms with Gasteiger partial charge in [0.2, 0.25) is 0 Å². The van der Waals surface area contributed by atoms with E-state index in [1.165, 1.54) is 0 Å². The second-order valence-electron chi connectivity index (χ2n) is 5.43. The van der Waals surface area contributed by atoms with Gasteiger partial charge in [0.25, 0.3) is 0 Å². The van der Waals surface area contributed by atoms with Gasteiger partial charge in [-0.1, -0.05) is 30.3 Å². The second-order valence-corrected chi connectivity index (χ2v) is 5.43. The van der Waals surface area contributed by atoms with E-state index in [0.29, 0.717) is 23.6 Å². The first kappa shape index (κ1) is 14.1. The number of nitrogens with zero attached hydrogens (tertiary/aromatic N) is 4. The average Bonchev–Trinajstić information content (AvgIpc) is 2.98. The maximum Gasteiger partial charge on any atom is 0.168 e. The number of hydrogen-bond donors (Lipinski definition) is 0. The summed E-state index contributed by atoms with van der Waals surface area (Å²) in [6.45, 7) is 0.370. The number of fused-ring (bicyclic) bond motifs is 3. The summed E-state index contributed by atoms with van der Waals surface area (Å²) >= 11 is 0. The Hall–Kier alpha value is -3.52. The lowest BCUT2D eigenvalue weighted by Crippen LogP contribution is -2.09. The fourth-order valence-electron chi connectivity index (χ4n) is 2.95. The molecule has 4 rings (SSSR count). The Balaban J connectivity index is 2.03. The number of carbonyl (C=O) groups excluding carboxylic acids is 1. The highest BCUT2D eigenvalue weighted by Gasteiger charge is 2.21. The van der Waals surface area contributed by atoms with Crippen LogP contribution in [0.3, 0.4) is 0 Å². The molecule has 1 aromatic heterocycles. The Morgan fingerprint density at radius 3 is 2.75 bits per heavy atom. The molecule has 0 fully saturated rings. The van der Waals surface area contributed by atoms with E-state index in [0.717, 1.165) is 28.8 Å². The quantitative estimate of drug-likeness (QED) is 0.683. The van der Waals surface area contributed by atoms with Crippen molar-refractivity contribution >= 4 is 12.0 Å². The van der Waals surface area contributed by atoms with Crippen molar-refractivity contribution in [2.45, 2.75) is 6.54 Å². The van der Waals surface area contributed by atoms with E-state index in [-0.39, 0.29) is 0 Å². The van der Waals surface area contributed by atoms with Crippen LogP contribution in [-0.2, 0) is 6.54 Å². The Morgan fingerprint density at radius 1 is 1.17 bits per heavy atom. The van der Waals surface area contributed by atoms with E-state index in [2.05, 4.69) is 11.1 Å². The first-order valence-corrected chi connectivity index (χ1v) is 7.48. The van der Waals surface area contributed by atoms with Crippen molar-refractivity contribution in [3.63, 3.8) is 0 Å². The molecule has 0 N–H and O–H groups in total. The van der Waals surface area contributed by atoms with Crippen LogP contribution in [0.1, 0.15) is 33.0 Å². The number of imidazole rings is 1. The van der Waals surface area contributed by atoms with E-state index in [4.69, 9.17) is 4.99 Å². The van der Waals surface area contributed by atoms with Gasteiger partial charge < -0.3 is 0 Å². The zero-order valence-corrected chi connectivity index (χ0v) is 12.7. The van der Waals surface area contributed by atoms with Crippen LogP contribution < -0.4 is 0 Å². The topological polar surface area (TPSA) is 71.0 Å².